The summed E-state index contributed by atoms with van der Waals surface area (Å²) in [6, 6.07) is 21.6. The number of rotatable bonds is 4. The van der Waals surface area contributed by atoms with Crippen molar-refractivity contribution in [3.8, 4) is 0 Å². The molecular formula is C19H16N4O. The van der Waals surface area contributed by atoms with Crippen molar-refractivity contribution < 1.29 is 4.79 Å². The van der Waals surface area contributed by atoms with Crippen molar-refractivity contribution in [2.45, 2.75) is 13.0 Å². The van der Waals surface area contributed by atoms with E-state index in [1.165, 1.54) is 0 Å². The standard InChI is InChI=1S/C19H16N4O/c24-19(12-13-23-18-11-4-3-9-17(18)21-22-23)20-16-10-5-7-14-6-1-2-8-15(14)16/h1-11H,12-13H2,(H,20,24). The number of fused-ring (bicyclic) bond motifs is 2. The number of hydrogen-bond donors (Lipinski definition) is 1. The van der Waals surface area contributed by atoms with Gasteiger partial charge < -0.3 is 5.32 Å². The fourth-order valence-electron chi connectivity index (χ4n) is 2.84. The van der Waals surface area contributed by atoms with Crippen molar-refractivity contribution in [3.63, 3.8) is 0 Å². The number of amides is 1. The van der Waals surface area contributed by atoms with Crippen molar-refractivity contribution >= 4 is 33.4 Å². The maximum atomic E-state index is 12.3. The predicted octanol–water partition coefficient (Wildman–Crippen LogP) is 3.61. The molecule has 4 rings (SSSR count). The van der Waals surface area contributed by atoms with E-state index in [0.717, 1.165) is 27.5 Å². The molecule has 1 heterocycles. The number of aromatic nitrogens is 3. The molecule has 3 aromatic carbocycles. The largest absolute Gasteiger partial charge is 0.325 e. The molecule has 0 aliphatic carbocycles. The lowest BCUT2D eigenvalue weighted by Gasteiger charge is -2.09. The highest BCUT2D eigenvalue weighted by molar-refractivity contribution is 6.02. The van der Waals surface area contributed by atoms with Crippen LogP contribution < -0.4 is 5.32 Å². The Bertz CT molecular complexity index is 1020. The van der Waals surface area contributed by atoms with Crippen molar-refractivity contribution in [3.05, 3.63) is 66.7 Å². The molecule has 0 saturated carbocycles. The van der Waals surface area contributed by atoms with E-state index in [9.17, 15) is 4.79 Å². The fraction of sp³-hybridized carbons (Fsp3) is 0.105. The molecule has 1 N–H and O–H groups in total. The van der Waals surface area contributed by atoms with E-state index in [0.29, 0.717) is 13.0 Å². The second kappa shape index (κ2) is 6.12. The van der Waals surface area contributed by atoms with Crippen LogP contribution in [0.5, 0.6) is 0 Å². The Morgan fingerprint density at radius 1 is 0.958 bits per heavy atom. The van der Waals surface area contributed by atoms with Gasteiger partial charge in [0.15, 0.2) is 0 Å². The molecule has 1 amide bonds. The summed E-state index contributed by atoms with van der Waals surface area (Å²) in [5.74, 6) is -0.0362. The zero-order valence-corrected chi connectivity index (χ0v) is 13.0. The molecular weight excluding hydrogens is 300 g/mol. The van der Waals surface area contributed by atoms with Crippen molar-refractivity contribution in [2.75, 3.05) is 5.32 Å². The molecule has 1 aromatic heterocycles. The number of carbonyl (C=O) groups excluding carboxylic acids is 1. The van der Waals surface area contributed by atoms with Gasteiger partial charge in [0.05, 0.1) is 12.1 Å². The Balaban J connectivity index is 1.48. The predicted molar refractivity (Wildman–Crippen MR) is 94.7 cm³/mol. The summed E-state index contributed by atoms with van der Waals surface area (Å²) >= 11 is 0. The Morgan fingerprint density at radius 3 is 2.71 bits per heavy atom. The molecule has 0 bridgehead atoms. The van der Waals surface area contributed by atoms with Gasteiger partial charge in [0.2, 0.25) is 5.91 Å². The van der Waals surface area contributed by atoms with Crippen LogP contribution in [0.25, 0.3) is 21.8 Å². The Labute approximate surface area is 138 Å². The van der Waals surface area contributed by atoms with Gasteiger partial charge in [-0.05, 0) is 23.6 Å². The number of nitrogens with one attached hydrogen (secondary N) is 1. The molecule has 0 unspecified atom stereocenters. The molecule has 0 saturated heterocycles. The van der Waals surface area contributed by atoms with E-state index in [-0.39, 0.29) is 5.91 Å². The SMILES string of the molecule is O=C(CCn1nnc2ccccc21)Nc1cccc2ccccc12. The van der Waals surface area contributed by atoms with Crippen molar-refractivity contribution in [2.24, 2.45) is 0 Å². The maximum Gasteiger partial charge on any atom is 0.226 e. The van der Waals surface area contributed by atoms with E-state index >= 15 is 0 Å². The Hall–Kier alpha value is -3.21. The smallest absolute Gasteiger partial charge is 0.226 e. The first-order chi connectivity index (χ1) is 11.8. The molecule has 0 radical (unpaired) electrons. The number of hydrogen-bond acceptors (Lipinski definition) is 3. The zero-order valence-electron chi connectivity index (χ0n) is 13.0. The van der Waals surface area contributed by atoms with Gasteiger partial charge in [-0.25, -0.2) is 4.68 Å². The highest BCUT2D eigenvalue weighted by atomic mass is 16.1. The summed E-state index contributed by atoms with van der Waals surface area (Å²) in [6.07, 6.45) is 0.344. The average Bonchev–Trinajstić information content (AvgIpc) is 3.04. The van der Waals surface area contributed by atoms with Crippen LogP contribution in [0.1, 0.15) is 6.42 Å². The Morgan fingerprint density at radius 2 is 1.75 bits per heavy atom. The first kappa shape index (κ1) is 14.4. The van der Waals surface area contributed by atoms with Gasteiger partial charge >= 0.3 is 0 Å². The third-order valence-corrected chi connectivity index (χ3v) is 4.03. The van der Waals surface area contributed by atoms with E-state index in [2.05, 4.69) is 15.6 Å². The van der Waals surface area contributed by atoms with Crippen LogP contribution in [0.3, 0.4) is 0 Å². The van der Waals surface area contributed by atoms with E-state index in [1.807, 2.05) is 66.7 Å². The third-order valence-electron chi connectivity index (χ3n) is 4.03. The van der Waals surface area contributed by atoms with Gasteiger partial charge in [-0.1, -0.05) is 53.7 Å². The lowest BCUT2D eigenvalue weighted by Crippen LogP contribution is -2.15. The molecule has 24 heavy (non-hydrogen) atoms. The van der Waals surface area contributed by atoms with Crippen molar-refractivity contribution in [1.29, 1.82) is 0 Å². The maximum absolute atomic E-state index is 12.3. The molecule has 118 valence electrons. The summed E-state index contributed by atoms with van der Waals surface area (Å²) in [6.45, 7) is 0.497. The topological polar surface area (TPSA) is 59.8 Å². The van der Waals surface area contributed by atoms with Crippen LogP contribution in [-0.2, 0) is 11.3 Å². The second-order valence-corrected chi connectivity index (χ2v) is 5.63. The summed E-state index contributed by atoms with van der Waals surface area (Å²) in [5, 5.41) is 13.4. The quantitative estimate of drug-likeness (QED) is 0.625. The van der Waals surface area contributed by atoms with E-state index in [1.54, 1.807) is 4.68 Å². The van der Waals surface area contributed by atoms with Crippen LogP contribution in [0.2, 0.25) is 0 Å². The molecule has 0 aliphatic heterocycles. The van der Waals surface area contributed by atoms with Crippen LogP contribution in [-0.4, -0.2) is 20.9 Å². The zero-order chi connectivity index (χ0) is 16.4. The number of benzene rings is 3. The van der Waals surface area contributed by atoms with Gasteiger partial charge in [0.1, 0.15) is 5.52 Å². The molecule has 4 aromatic rings. The molecule has 0 aliphatic rings. The lowest BCUT2D eigenvalue weighted by molar-refractivity contribution is -0.116. The van der Waals surface area contributed by atoms with Crippen LogP contribution in [0.4, 0.5) is 5.69 Å². The van der Waals surface area contributed by atoms with Gasteiger partial charge in [-0.15, -0.1) is 5.10 Å². The fourth-order valence-corrected chi connectivity index (χ4v) is 2.84. The van der Waals surface area contributed by atoms with E-state index < -0.39 is 0 Å². The minimum atomic E-state index is -0.0362. The third kappa shape index (κ3) is 2.72. The number of para-hydroxylation sites is 1. The first-order valence-corrected chi connectivity index (χ1v) is 7.87. The number of anilines is 1. The minimum Gasteiger partial charge on any atom is -0.325 e. The Kier molecular flexibility index (Phi) is 3.67. The summed E-state index contributed by atoms with van der Waals surface area (Å²) in [4.78, 5) is 12.3. The molecule has 0 spiro atoms. The normalized spacial score (nSPS) is 11.0. The van der Waals surface area contributed by atoms with Crippen LogP contribution in [0.15, 0.2) is 66.7 Å². The highest BCUT2D eigenvalue weighted by Gasteiger charge is 2.08. The van der Waals surface area contributed by atoms with Crippen LogP contribution >= 0.6 is 0 Å². The van der Waals surface area contributed by atoms with Crippen molar-refractivity contribution in [1.82, 2.24) is 15.0 Å². The summed E-state index contributed by atoms with van der Waals surface area (Å²) in [5.41, 5.74) is 2.61. The van der Waals surface area contributed by atoms with Crippen LogP contribution in [0, 0.1) is 0 Å². The highest BCUT2D eigenvalue weighted by Crippen LogP contribution is 2.23. The summed E-state index contributed by atoms with van der Waals surface area (Å²) < 4.78 is 1.76. The molecule has 0 atom stereocenters. The van der Waals surface area contributed by atoms with Gasteiger partial charge in [0.25, 0.3) is 0 Å². The minimum absolute atomic E-state index is 0.0362. The van der Waals surface area contributed by atoms with Gasteiger partial charge in [-0.3, -0.25) is 4.79 Å². The second-order valence-electron chi connectivity index (χ2n) is 5.63. The number of aryl methyl sites for hydroxylation is 1. The van der Waals surface area contributed by atoms with Gasteiger partial charge in [0, 0.05) is 17.5 Å². The molecule has 0 fully saturated rings. The lowest BCUT2D eigenvalue weighted by atomic mass is 10.1. The average molecular weight is 316 g/mol. The van der Waals surface area contributed by atoms with Gasteiger partial charge in [-0.2, -0.15) is 0 Å². The monoisotopic (exact) mass is 316 g/mol. The van der Waals surface area contributed by atoms with E-state index in [4.69, 9.17) is 0 Å². The molecule has 5 nitrogen and oxygen atoms in total. The summed E-state index contributed by atoms with van der Waals surface area (Å²) in [7, 11) is 0. The number of nitrogens with zero attached hydrogens (tertiary/aromatic N) is 3. The first-order valence-electron chi connectivity index (χ1n) is 7.87. The molecule has 5 heteroatoms. The number of carbonyl (C=O) groups is 1.